The molecule has 0 heterocycles. The molecule has 0 saturated heterocycles. The molecule has 4 heteroatoms. The number of nitriles is 1. The second-order valence-electron chi connectivity index (χ2n) is 3.54. The van der Waals surface area contributed by atoms with E-state index in [1.54, 1.807) is 43.3 Å². The maximum absolute atomic E-state index is 9.65. The van der Waals surface area contributed by atoms with Crippen LogP contribution in [0.2, 0.25) is 0 Å². The van der Waals surface area contributed by atoms with Gasteiger partial charge in [-0.05, 0) is 25.1 Å². The lowest BCUT2D eigenvalue weighted by molar-refractivity contribution is 0.374. The van der Waals surface area contributed by atoms with Crippen LogP contribution in [0.5, 0.6) is 11.5 Å². The van der Waals surface area contributed by atoms with Crippen molar-refractivity contribution in [3.63, 3.8) is 0 Å². The van der Waals surface area contributed by atoms with Gasteiger partial charge in [-0.25, -0.2) is 0 Å². The van der Waals surface area contributed by atoms with Gasteiger partial charge in [0.1, 0.15) is 12.4 Å². The van der Waals surface area contributed by atoms with Crippen LogP contribution in [0.15, 0.2) is 60.1 Å². The Balaban J connectivity index is 2.88. The van der Waals surface area contributed by atoms with Crippen LogP contribution in [0, 0.1) is 23.9 Å². The third-order valence-electron chi connectivity index (χ3n) is 2.10. The molecule has 1 rings (SSSR count). The first kappa shape index (κ1) is 14.9. The van der Waals surface area contributed by atoms with Crippen LogP contribution in [-0.2, 0) is 0 Å². The van der Waals surface area contributed by atoms with E-state index in [2.05, 4.69) is 0 Å². The van der Waals surface area contributed by atoms with Crippen LogP contribution >= 0.6 is 0 Å². The Hall–Kier alpha value is -3.11. The smallest absolute Gasteiger partial charge is 0.182 e. The van der Waals surface area contributed by atoms with Gasteiger partial charge in [-0.1, -0.05) is 24.6 Å². The van der Waals surface area contributed by atoms with Crippen LogP contribution in [0.1, 0.15) is 6.92 Å². The number of rotatable bonds is 5. The van der Waals surface area contributed by atoms with E-state index in [0.717, 1.165) is 6.26 Å². The van der Waals surface area contributed by atoms with Gasteiger partial charge in [0.2, 0.25) is 0 Å². The van der Waals surface area contributed by atoms with Gasteiger partial charge < -0.3 is 14.6 Å². The minimum absolute atomic E-state index is 0.199. The average molecular weight is 267 g/mol. The van der Waals surface area contributed by atoms with E-state index in [1.165, 1.54) is 6.08 Å². The van der Waals surface area contributed by atoms with Gasteiger partial charge in [-0.3, -0.25) is 0 Å². The average Bonchev–Trinajstić information content (AvgIpc) is 2.46. The highest BCUT2D eigenvalue weighted by molar-refractivity contribution is 5.41. The predicted octanol–water partition coefficient (Wildman–Crippen LogP) is 3.46. The zero-order valence-electron chi connectivity index (χ0n) is 10.9. The molecule has 0 saturated carbocycles. The van der Waals surface area contributed by atoms with Crippen LogP contribution in [-0.4, -0.2) is 5.11 Å². The zero-order valence-corrected chi connectivity index (χ0v) is 10.9. The third kappa shape index (κ3) is 4.64. The van der Waals surface area contributed by atoms with E-state index in [-0.39, 0.29) is 5.76 Å². The Bertz CT molecular complexity index is 628. The molecule has 100 valence electrons. The van der Waals surface area contributed by atoms with Crippen molar-refractivity contribution in [3.8, 4) is 30.1 Å². The summed E-state index contributed by atoms with van der Waals surface area (Å²) in [6, 6.07) is 8.68. The van der Waals surface area contributed by atoms with Crippen molar-refractivity contribution in [2.24, 2.45) is 0 Å². The summed E-state index contributed by atoms with van der Waals surface area (Å²) in [6.07, 6.45) is 12.7. The first-order valence-electron chi connectivity index (χ1n) is 5.73. The summed E-state index contributed by atoms with van der Waals surface area (Å²) in [5.41, 5.74) is 0.304. The molecule has 4 nitrogen and oxygen atoms in total. The molecular formula is C16H13NO3. The second kappa shape index (κ2) is 8.07. The normalized spacial score (nSPS) is 11.8. The molecule has 0 aliphatic heterocycles. The number of aliphatic hydroxyl groups excluding tert-OH is 1. The van der Waals surface area contributed by atoms with Gasteiger partial charge in [0.05, 0.1) is 11.6 Å². The Morgan fingerprint density at radius 3 is 2.65 bits per heavy atom. The molecule has 1 aromatic carbocycles. The molecule has 0 fully saturated rings. The van der Waals surface area contributed by atoms with E-state index in [1.807, 2.05) is 12.2 Å². The zero-order chi connectivity index (χ0) is 14.8. The molecule has 0 unspecified atom stereocenters. The molecule has 0 atom stereocenters. The van der Waals surface area contributed by atoms with E-state index in [0.29, 0.717) is 17.1 Å². The molecule has 0 amide bonds. The molecule has 0 aliphatic rings. The maximum Gasteiger partial charge on any atom is 0.182 e. The number of hydrogen-bond acceptors (Lipinski definition) is 4. The molecule has 20 heavy (non-hydrogen) atoms. The molecular weight excluding hydrogens is 254 g/mol. The second-order valence-corrected chi connectivity index (χ2v) is 3.54. The number of nitrogens with zero attached hydrogens (tertiary/aromatic N) is 1. The number of para-hydroxylation sites is 2. The Kier molecular flexibility index (Phi) is 6.03. The van der Waals surface area contributed by atoms with Crippen molar-refractivity contribution in [1.82, 2.24) is 0 Å². The molecule has 1 aromatic rings. The molecule has 1 N–H and O–H groups in total. The van der Waals surface area contributed by atoms with Crippen molar-refractivity contribution < 1.29 is 14.6 Å². The van der Waals surface area contributed by atoms with Crippen LogP contribution in [0.4, 0.5) is 0 Å². The quantitative estimate of drug-likeness (QED) is 0.384. The number of benzene rings is 1. The third-order valence-corrected chi connectivity index (χ3v) is 2.10. The Labute approximate surface area is 117 Å². The fourth-order valence-corrected chi connectivity index (χ4v) is 1.31. The van der Waals surface area contributed by atoms with Gasteiger partial charge in [-0.2, -0.15) is 5.26 Å². The fraction of sp³-hybridized carbons (Fsp3) is 0.0625. The largest absolute Gasteiger partial charge is 0.505 e. The Morgan fingerprint density at radius 2 is 2.05 bits per heavy atom. The summed E-state index contributed by atoms with van der Waals surface area (Å²) in [6.45, 7) is 1.77. The van der Waals surface area contributed by atoms with Crippen LogP contribution < -0.4 is 9.47 Å². The van der Waals surface area contributed by atoms with Gasteiger partial charge in [0.25, 0.3) is 0 Å². The summed E-state index contributed by atoms with van der Waals surface area (Å²) in [7, 11) is 0. The van der Waals surface area contributed by atoms with E-state index in [9.17, 15) is 5.11 Å². The molecule has 0 radical (unpaired) electrons. The lowest BCUT2D eigenvalue weighted by Gasteiger charge is -2.05. The summed E-state index contributed by atoms with van der Waals surface area (Å²) in [5, 5.41) is 18.5. The van der Waals surface area contributed by atoms with Gasteiger partial charge in [0.15, 0.2) is 17.3 Å². The molecule has 0 bridgehead atoms. The molecule has 0 aromatic heterocycles. The van der Waals surface area contributed by atoms with Gasteiger partial charge in [-0.15, -0.1) is 0 Å². The first-order chi connectivity index (χ1) is 9.71. The summed E-state index contributed by atoms with van der Waals surface area (Å²) in [5.74, 6) is 0.516. The highest BCUT2D eigenvalue weighted by atomic mass is 16.5. The van der Waals surface area contributed by atoms with Crippen molar-refractivity contribution in [2.75, 3.05) is 0 Å². The number of ether oxygens (including phenoxy) is 2. The summed E-state index contributed by atoms with van der Waals surface area (Å²) in [4.78, 5) is 0. The number of hydrogen-bond donors (Lipinski definition) is 1. The first-order valence-corrected chi connectivity index (χ1v) is 5.73. The van der Waals surface area contributed by atoms with Crippen molar-refractivity contribution in [1.29, 1.82) is 5.26 Å². The standard InChI is InChI=1S/C16H13NO3/c1-3-7-13(11-17)10-14(18)12-20-16-9-6-5-8-15(16)19-4-2/h2-3,5-10,12,18H,1H3/b7-3-,13-10+,14-12-. The topological polar surface area (TPSA) is 62.5 Å². The van der Waals surface area contributed by atoms with Crippen molar-refractivity contribution in [3.05, 3.63) is 60.1 Å². The number of terminal acetylenes is 1. The minimum atomic E-state index is -0.199. The monoisotopic (exact) mass is 267 g/mol. The number of allylic oxidation sites excluding steroid dienone is 4. The van der Waals surface area contributed by atoms with E-state index in [4.69, 9.17) is 21.2 Å². The number of aliphatic hydroxyl groups is 1. The van der Waals surface area contributed by atoms with E-state index >= 15 is 0 Å². The van der Waals surface area contributed by atoms with Crippen LogP contribution in [0.3, 0.4) is 0 Å². The SMILES string of the molecule is C#COc1ccccc1O/C=C(O)/C=C(C#N)\C=C/C. The van der Waals surface area contributed by atoms with E-state index < -0.39 is 0 Å². The summed E-state index contributed by atoms with van der Waals surface area (Å²) < 4.78 is 10.2. The fourth-order valence-electron chi connectivity index (χ4n) is 1.31. The Morgan fingerprint density at radius 1 is 1.35 bits per heavy atom. The summed E-state index contributed by atoms with van der Waals surface area (Å²) >= 11 is 0. The van der Waals surface area contributed by atoms with Crippen molar-refractivity contribution in [2.45, 2.75) is 6.92 Å². The highest BCUT2D eigenvalue weighted by Gasteiger charge is 2.02. The predicted molar refractivity (Wildman–Crippen MR) is 75.8 cm³/mol. The molecule has 0 spiro atoms. The van der Waals surface area contributed by atoms with Gasteiger partial charge >= 0.3 is 0 Å². The lowest BCUT2D eigenvalue weighted by Crippen LogP contribution is -1.90. The maximum atomic E-state index is 9.65. The lowest BCUT2D eigenvalue weighted by atomic mass is 10.2. The minimum Gasteiger partial charge on any atom is -0.505 e. The van der Waals surface area contributed by atoms with Crippen molar-refractivity contribution >= 4 is 0 Å². The van der Waals surface area contributed by atoms with Gasteiger partial charge in [0, 0.05) is 6.08 Å². The van der Waals surface area contributed by atoms with Crippen LogP contribution in [0.25, 0.3) is 0 Å². The highest BCUT2D eigenvalue weighted by Crippen LogP contribution is 2.26. The molecule has 0 aliphatic carbocycles.